The van der Waals surface area contributed by atoms with E-state index in [9.17, 15) is 10.1 Å². The second-order valence-electron chi connectivity index (χ2n) is 5.39. The lowest BCUT2D eigenvalue weighted by Gasteiger charge is -2.19. The van der Waals surface area contributed by atoms with Crippen molar-refractivity contribution in [2.75, 3.05) is 25.1 Å². The quantitative estimate of drug-likeness (QED) is 0.427. The Morgan fingerprint density at radius 3 is 2.96 bits per heavy atom. The molecule has 1 aliphatic heterocycles. The van der Waals surface area contributed by atoms with Crippen LogP contribution < -0.4 is 20.1 Å². The van der Waals surface area contributed by atoms with E-state index in [1.165, 1.54) is 0 Å². The summed E-state index contributed by atoms with van der Waals surface area (Å²) in [6.45, 7) is 2.36. The van der Waals surface area contributed by atoms with E-state index < -0.39 is 4.92 Å². The van der Waals surface area contributed by atoms with Crippen molar-refractivity contribution in [1.82, 2.24) is 14.9 Å². The summed E-state index contributed by atoms with van der Waals surface area (Å²) in [6.07, 6.45) is 7.04. The SMILES string of the molecule is O=[N+]([O-])/C=C(\NCCCn1ccnc1)Nc1ccc2c(c1)OCCO2. The van der Waals surface area contributed by atoms with Crippen LogP contribution in [-0.2, 0) is 6.54 Å². The number of nitrogens with one attached hydrogen (secondary N) is 2. The molecule has 0 amide bonds. The van der Waals surface area contributed by atoms with Gasteiger partial charge in [-0.05, 0) is 18.6 Å². The number of hydrogen-bond acceptors (Lipinski definition) is 7. The molecule has 1 aromatic carbocycles. The third kappa shape index (κ3) is 4.87. The first kappa shape index (κ1) is 16.6. The number of aromatic nitrogens is 2. The summed E-state index contributed by atoms with van der Waals surface area (Å²) < 4.78 is 12.9. The van der Waals surface area contributed by atoms with Gasteiger partial charge in [0.25, 0.3) is 6.20 Å². The standard InChI is InChI=1S/C16H19N5O4/c22-21(23)11-16(18-4-1-6-20-7-5-17-12-20)19-13-2-3-14-15(10-13)25-9-8-24-14/h2-3,5,7,10-12,18-19H,1,4,6,8-9H2/b16-11+. The molecule has 0 radical (unpaired) electrons. The molecule has 9 nitrogen and oxygen atoms in total. The van der Waals surface area contributed by atoms with Crippen LogP contribution in [0.25, 0.3) is 0 Å². The number of nitro groups is 1. The molecule has 1 aromatic heterocycles. The highest BCUT2D eigenvalue weighted by Gasteiger charge is 2.12. The van der Waals surface area contributed by atoms with E-state index in [0.29, 0.717) is 42.8 Å². The van der Waals surface area contributed by atoms with E-state index in [-0.39, 0.29) is 0 Å². The smallest absolute Gasteiger partial charge is 0.274 e. The Morgan fingerprint density at radius 2 is 2.20 bits per heavy atom. The van der Waals surface area contributed by atoms with Gasteiger partial charge in [0, 0.05) is 37.2 Å². The van der Waals surface area contributed by atoms with Crippen molar-refractivity contribution >= 4 is 5.69 Å². The first-order valence-electron chi connectivity index (χ1n) is 7.92. The average molecular weight is 345 g/mol. The molecule has 0 spiro atoms. The fourth-order valence-electron chi connectivity index (χ4n) is 2.41. The molecule has 2 heterocycles. The number of hydrogen-bond donors (Lipinski definition) is 2. The maximum Gasteiger partial charge on any atom is 0.274 e. The molecule has 0 atom stereocenters. The Kier molecular flexibility index (Phi) is 5.35. The highest BCUT2D eigenvalue weighted by atomic mass is 16.6. The summed E-state index contributed by atoms with van der Waals surface area (Å²) in [7, 11) is 0. The van der Waals surface area contributed by atoms with Crippen molar-refractivity contribution in [1.29, 1.82) is 0 Å². The van der Waals surface area contributed by atoms with Crippen LogP contribution in [0.4, 0.5) is 5.69 Å². The lowest BCUT2D eigenvalue weighted by atomic mass is 10.2. The average Bonchev–Trinajstić information content (AvgIpc) is 3.11. The van der Waals surface area contributed by atoms with Crippen LogP contribution in [0.15, 0.2) is 48.9 Å². The molecule has 0 saturated heterocycles. The predicted molar refractivity (Wildman–Crippen MR) is 91.0 cm³/mol. The number of aryl methyl sites for hydroxylation is 1. The van der Waals surface area contributed by atoms with E-state index in [4.69, 9.17) is 9.47 Å². The van der Waals surface area contributed by atoms with Gasteiger partial charge in [-0.15, -0.1) is 0 Å². The minimum atomic E-state index is -0.497. The summed E-state index contributed by atoms with van der Waals surface area (Å²) in [5.74, 6) is 1.61. The van der Waals surface area contributed by atoms with Crippen molar-refractivity contribution in [3.63, 3.8) is 0 Å². The summed E-state index contributed by atoms with van der Waals surface area (Å²) in [6, 6.07) is 5.32. The summed E-state index contributed by atoms with van der Waals surface area (Å²) >= 11 is 0. The minimum absolute atomic E-state index is 0.312. The van der Waals surface area contributed by atoms with Gasteiger partial charge in [0.2, 0.25) is 0 Å². The molecular weight excluding hydrogens is 326 g/mol. The summed E-state index contributed by atoms with van der Waals surface area (Å²) in [5.41, 5.74) is 0.680. The van der Waals surface area contributed by atoms with Gasteiger partial charge in [-0.3, -0.25) is 10.1 Å². The topological polar surface area (TPSA) is 103 Å². The number of ether oxygens (including phenoxy) is 2. The number of benzene rings is 1. The van der Waals surface area contributed by atoms with Gasteiger partial charge in [-0.25, -0.2) is 4.98 Å². The van der Waals surface area contributed by atoms with Crippen LogP contribution >= 0.6 is 0 Å². The molecule has 2 aromatic rings. The van der Waals surface area contributed by atoms with Gasteiger partial charge in [0.15, 0.2) is 17.3 Å². The third-order valence-electron chi connectivity index (χ3n) is 3.52. The predicted octanol–water partition coefficient (Wildman–Crippen LogP) is 1.82. The molecule has 0 unspecified atom stereocenters. The minimum Gasteiger partial charge on any atom is -0.486 e. The zero-order valence-corrected chi connectivity index (χ0v) is 13.6. The van der Waals surface area contributed by atoms with Crippen molar-refractivity contribution < 1.29 is 14.4 Å². The number of anilines is 1. The van der Waals surface area contributed by atoms with Gasteiger partial charge >= 0.3 is 0 Å². The van der Waals surface area contributed by atoms with Crippen LogP contribution in [0.2, 0.25) is 0 Å². The Hall–Kier alpha value is -3.23. The molecule has 0 saturated carbocycles. The maximum absolute atomic E-state index is 10.8. The third-order valence-corrected chi connectivity index (χ3v) is 3.52. The molecule has 132 valence electrons. The van der Waals surface area contributed by atoms with Gasteiger partial charge in [-0.1, -0.05) is 0 Å². The fourth-order valence-corrected chi connectivity index (χ4v) is 2.41. The molecule has 1 aliphatic rings. The Bertz CT molecular complexity index is 745. The normalized spacial score (nSPS) is 13.4. The van der Waals surface area contributed by atoms with Gasteiger partial charge < -0.3 is 24.7 Å². The van der Waals surface area contributed by atoms with E-state index in [1.54, 1.807) is 30.7 Å². The summed E-state index contributed by atoms with van der Waals surface area (Å²) in [4.78, 5) is 14.3. The molecule has 2 N–H and O–H groups in total. The van der Waals surface area contributed by atoms with E-state index in [1.807, 2.05) is 10.8 Å². The molecular formula is C16H19N5O4. The Morgan fingerprint density at radius 1 is 1.36 bits per heavy atom. The van der Waals surface area contributed by atoms with Gasteiger partial charge in [0.1, 0.15) is 13.2 Å². The molecule has 9 heteroatoms. The van der Waals surface area contributed by atoms with E-state index in [0.717, 1.165) is 19.2 Å². The second-order valence-corrected chi connectivity index (χ2v) is 5.39. The van der Waals surface area contributed by atoms with Gasteiger partial charge in [-0.2, -0.15) is 0 Å². The zero-order chi connectivity index (χ0) is 17.5. The van der Waals surface area contributed by atoms with Crippen LogP contribution in [0, 0.1) is 10.1 Å². The lowest BCUT2D eigenvalue weighted by Crippen LogP contribution is -2.23. The second kappa shape index (κ2) is 8.04. The van der Waals surface area contributed by atoms with Crippen molar-refractivity contribution in [2.24, 2.45) is 0 Å². The van der Waals surface area contributed by atoms with Gasteiger partial charge in [0.05, 0.1) is 11.3 Å². The molecule has 0 fully saturated rings. The van der Waals surface area contributed by atoms with Crippen LogP contribution in [0.5, 0.6) is 11.5 Å². The largest absolute Gasteiger partial charge is 0.486 e. The lowest BCUT2D eigenvalue weighted by molar-refractivity contribution is -0.403. The number of imidazole rings is 1. The fraction of sp³-hybridized carbons (Fsp3) is 0.312. The van der Waals surface area contributed by atoms with Crippen LogP contribution in [0.3, 0.4) is 0 Å². The Labute approximate surface area is 144 Å². The highest BCUT2D eigenvalue weighted by Crippen LogP contribution is 2.32. The maximum atomic E-state index is 10.8. The Balaban J connectivity index is 1.58. The van der Waals surface area contributed by atoms with E-state index >= 15 is 0 Å². The number of nitrogens with zero attached hydrogens (tertiary/aromatic N) is 3. The molecule has 3 rings (SSSR count). The van der Waals surface area contributed by atoms with Crippen molar-refractivity contribution in [2.45, 2.75) is 13.0 Å². The molecule has 0 bridgehead atoms. The van der Waals surface area contributed by atoms with E-state index in [2.05, 4.69) is 15.6 Å². The van der Waals surface area contributed by atoms with Crippen molar-refractivity contribution in [3.05, 3.63) is 59.1 Å². The van der Waals surface area contributed by atoms with Crippen LogP contribution in [-0.4, -0.2) is 34.2 Å². The first-order valence-corrected chi connectivity index (χ1v) is 7.92. The monoisotopic (exact) mass is 345 g/mol. The summed E-state index contributed by atoms with van der Waals surface area (Å²) in [5, 5.41) is 16.9. The first-order chi connectivity index (χ1) is 12.2. The molecule has 0 aliphatic carbocycles. The highest BCUT2D eigenvalue weighted by molar-refractivity contribution is 5.57. The van der Waals surface area contributed by atoms with Crippen LogP contribution in [0.1, 0.15) is 6.42 Å². The number of fused-ring (bicyclic) bond motifs is 1. The zero-order valence-electron chi connectivity index (χ0n) is 13.6. The van der Waals surface area contributed by atoms with Crippen molar-refractivity contribution in [3.8, 4) is 11.5 Å². The molecule has 25 heavy (non-hydrogen) atoms. The number of rotatable bonds is 8.